The fourth-order valence-electron chi connectivity index (χ4n) is 3.35. The second-order valence-electron chi connectivity index (χ2n) is 6.40. The van der Waals surface area contributed by atoms with Gasteiger partial charge in [0.2, 0.25) is 5.91 Å². The summed E-state index contributed by atoms with van der Waals surface area (Å²) in [7, 11) is 0. The lowest BCUT2D eigenvalue weighted by atomic mass is 9.90. The zero-order valence-electron chi connectivity index (χ0n) is 12.5. The number of carbonyl (C=O) groups is 1. The fraction of sp³-hybridized carbons (Fsp3) is 0.588. The number of aliphatic hydroxyl groups is 1. The van der Waals surface area contributed by atoms with E-state index in [0.29, 0.717) is 13.0 Å². The summed E-state index contributed by atoms with van der Waals surface area (Å²) < 4.78 is 0. The number of likely N-dealkylation sites (tertiary alicyclic amines) is 2. The first-order valence-electron chi connectivity index (χ1n) is 7.91. The van der Waals surface area contributed by atoms with Gasteiger partial charge in [-0.3, -0.25) is 9.69 Å². The molecule has 0 aliphatic carbocycles. The Balaban J connectivity index is 1.51. The minimum absolute atomic E-state index is 0.204. The van der Waals surface area contributed by atoms with Crippen LogP contribution in [0.1, 0.15) is 31.2 Å². The average molecular weight is 288 g/mol. The average Bonchev–Trinajstić information content (AvgIpc) is 2.88. The first-order valence-corrected chi connectivity index (χ1v) is 7.91. The van der Waals surface area contributed by atoms with E-state index in [1.807, 2.05) is 11.0 Å². The van der Waals surface area contributed by atoms with Crippen molar-refractivity contribution in [1.29, 1.82) is 0 Å². The summed E-state index contributed by atoms with van der Waals surface area (Å²) in [6, 6.07) is 10.4. The van der Waals surface area contributed by atoms with Gasteiger partial charge in [0.05, 0.1) is 5.60 Å². The van der Waals surface area contributed by atoms with Crippen molar-refractivity contribution in [3.05, 3.63) is 35.9 Å². The monoisotopic (exact) mass is 288 g/mol. The normalized spacial score (nSPS) is 22.7. The SMILES string of the molecule is O=C1CCCN1CC1(O)CCN(Cc2ccccc2)CC1. The first-order chi connectivity index (χ1) is 10.1. The molecular formula is C17H24N2O2. The van der Waals surface area contributed by atoms with Crippen LogP contribution in [0.4, 0.5) is 0 Å². The maximum atomic E-state index is 11.7. The van der Waals surface area contributed by atoms with Crippen molar-refractivity contribution in [3.8, 4) is 0 Å². The largest absolute Gasteiger partial charge is 0.388 e. The Morgan fingerprint density at radius 3 is 2.43 bits per heavy atom. The lowest BCUT2D eigenvalue weighted by molar-refractivity contribution is -0.132. The first kappa shape index (κ1) is 14.5. The van der Waals surface area contributed by atoms with Crippen molar-refractivity contribution in [2.24, 2.45) is 0 Å². The molecule has 0 atom stereocenters. The number of piperidine rings is 1. The second kappa shape index (κ2) is 6.16. The van der Waals surface area contributed by atoms with Crippen molar-refractivity contribution < 1.29 is 9.90 Å². The van der Waals surface area contributed by atoms with Gasteiger partial charge in [0, 0.05) is 39.1 Å². The summed E-state index contributed by atoms with van der Waals surface area (Å²) in [5.74, 6) is 0.204. The molecule has 0 saturated carbocycles. The smallest absolute Gasteiger partial charge is 0.222 e. The van der Waals surface area contributed by atoms with Gasteiger partial charge in [0.15, 0.2) is 0 Å². The van der Waals surface area contributed by atoms with Gasteiger partial charge < -0.3 is 10.0 Å². The summed E-state index contributed by atoms with van der Waals surface area (Å²) in [5, 5.41) is 10.7. The molecule has 1 N–H and O–H groups in total. The van der Waals surface area contributed by atoms with Gasteiger partial charge >= 0.3 is 0 Å². The number of hydrogen-bond donors (Lipinski definition) is 1. The van der Waals surface area contributed by atoms with E-state index < -0.39 is 5.60 Å². The molecule has 1 aromatic carbocycles. The highest BCUT2D eigenvalue weighted by molar-refractivity contribution is 5.78. The molecule has 0 unspecified atom stereocenters. The Kier molecular flexibility index (Phi) is 4.27. The predicted octanol–water partition coefficient (Wildman–Crippen LogP) is 1.64. The Morgan fingerprint density at radius 1 is 1.10 bits per heavy atom. The molecule has 4 heteroatoms. The van der Waals surface area contributed by atoms with E-state index in [9.17, 15) is 9.90 Å². The highest BCUT2D eigenvalue weighted by Crippen LogP contribution is 2.26. The van der Waals surface area contributed by atoms with Crippen molar-refractivity contribution in [3.63, 3.8) is 0 Å². The van der Waals surface area contributed by atoms with E-state index in [1.165, 1.54) is 5.56 Å². The van der Waals surface area contributed by atoms with Crippen molar-refractivity contribution in [1.82, 2.24) is 9.80 Å². The Labute approximate surface area is 126 Å². The molecule has 114 valence electrons. The number of carbonyl (C=O) groups excluding carboxylic acids is 1. The Morgan fingerprint density at radius 2 is 1.81 bits per heavy atom. The van der Waals surface area contributed by atoms with Gasteiger partial charge in [-0.25, -0.2) is 0 Å². The Hall–Kier alpha value is -1.39. The third-order valence-corrected chi connectivity index (χ3v) is 4.69. The van der Waals surface area contributed by atoms with Crippen molar-refractivity contribution >= 4 is 5.91 Å². The summed E-state index contributed by atoms with van der Waals surface area (Å²) in [5.41, 5.74) is 0.630. The molecule has 2 aliphatic rings. The van der Waals surface area contributed by atoms with Gasteiger partial charge in [0.1, 0.15) is 0 Å². The fourth-order valence-corrected chi connectivity index (χ4v) is 3.35. The van der Waals surface area contributed by atoms with Crippen molar-refractivity contribution in [2.75, 3.05) is 26.2 Å². The van der Waals surface area contributed by atoms with E-state index in [2.05, 4.69) is 29.2 Å². The van der Waals surface area contributed by atoms with Crippen molar-refractivity contribution in [2.45, 2.75) is 37.8 Å². The topological polar surface area (TPSA) is 43.8 Å². The summed E-state index contributed by atoms with van der Waals surface area (Å²) in [6.45, 7) is 4.07. The third-order valence-electron chi connectivity index (χ3n) is 4.69. The van der Waals surface area contributed by atoms with Crippen LogP contribution in [0, 0.1) is 0 Å². The molecular weight excluding hydrogens is 264 g/mol. The molecule has 2 saturated heterocycles. The molecule has 1 amide bonds. The van der Waals surface area contributed by atoms with Gasteiger partial charge in [-0.2, -0.15) is 0 Å². The lowest BCUT2D eigenvalue weighted by Crippen LogP contribution is -2.51. The maximum Gasteiger partial charge on any atom is 0.222 e. The van der Waals surface area contributed by atoms with Gasteiger partial charge in [-0.15, -0.1) is 0 Å². The van der Waals surface area contributed by atoms with E-state index in [0.717, 1.165) is 45.4 Å². The molecule has 2 aliphatic heterocycles. The van der Waals surface area contributed by atoms with Gasteiger partial charge in [0.25, 0.3) is 0 Å². The van der Waals surface area contributed by atoms with Crippen LogP contribution >= 0.6 is 0 Å². The number of β-amino-alcohol motifs (C(OH)–C–C–N with tert-alkyl or cyclic N) is 1. The quantitative estimate of drug-likeness (QED) is 0.916. The molecule has 2 heterocycles. The molecule has 3 rings (SSSR count). The van der Waals surface area contributed by atoms with E-state index in [-0.39, 0.29) is 5.91 Å². The minimum Gasteiger partial charge on any atom is -0.388 e. The summed E-state index contributed by atoms with van der Waals surface area (Å²) in [4.78, 5) is 15.9. The van der Waals surface area contributed by atoms with E-state index in [1.54, 1.807) is 0 Å². The lowest BCUT2D eigenvalue weighted by Gasteiger charge is -2.40. The van der Waals surface area contributed by atoms with Crippen LogP contribution in [0.5, 0.6) is 0 Å². The number of benzene rings is 1. The predicted molar refractivity (Wildman–Crippen MR) is 81.7 cm³/mol. The number of amides is 1. The highest BCUT2D eigenvalue weighted by atomic mass is 16.3. The zero-order valence-corrected chi connectivity index (χ0v) is 12.5. The van der Waals surface area contributed by atoms with E-state index >= 15 is 0 Å². The van der Waals surface area contributed by atoms with Crippen LogP contribution in [-0.2, 0) is 11.3 Å². The van der Waals surface area contributed by atoms with Crippen LogP contribution in [0.2, 0.25) is 0 Å². The molecule has 0 bridgehead atoms. The van der Waals surface area contributed by atoms with Gasteiger partial charge in [-0.1, -0.05) is 30.3 Å². The molecule has 4 nitrogen and oxygen atoms in total. The summed E-state index contributed by atoms with van der Waals surface area (Å²) >= 11 is 0. The van der Waals surface area contributed by atoms with Gasteiger partial charge in [-0.05, 0) is 24.8 Å². The number of nitrogens with zero attached hydrogens (tertiary/aromatic N) is 2. The molecule has 1 aromatic rings. The molecule has 0 spiro atoms. The summed E-state index contributed by atoms with van der Waals surface area (Å²) in [6.07, 6.45) is 3.10. The molecule has 0 aromatic heterocycles. The molecule has 21 heavy (non-hydrogen) atoms. The van der Waals surface area contributed by atoms with Crippen LogP contribution in [-0.4, -0.2) is 52.6 Å². The van der Waals surface area contributed by atoms with Crippen LogP contribution in [0.25, 0.3) is 0 Å². The molecule has 2 fully saturated rings. The third kappa shape index (κ3) is 3.63. The zero-order chi connectivity index (χ0) is 14.7. The standard InChI is InChI=1S/C17H24N2O2/c20-16-7-4-10-19(16)14-17(21)8-11-18(12-9-17)13-15-5-2-1-3-6-15/h1-3,5-6,21H,4,7-14H2. The van der Waals surface area contributed by atoms with Crippen LogP contribution < -0.4 is 0 Å². The minimum atomic E-state index is -0.687. The molecule has 0 radical (unpaired) electrons. The highest BCUT2D eigenvalue weighted by Gasteiger charge is 2.36. The van der Waals surface area contributed by atoms with Crippen LogP contribution in [0.3, 0.4) is 0 Å². The second-order valence-corrected chi connectivity index (χ2v) is 6.40. The number of hydrogen-bond acceptors (Lipinski definition) is 3. The maximum absolute atomic E-state index is 11.7. The van der Waals surface area contributed by atoms with Crippen LogP contribution in [0.15, 0.2) is 30.3 Å². The Bertz CT molecular complexity index is 481. The van der Waals surface area contributed by atoms with E-state index in [4.69, 9.17) is 0 Å². The number of rotatable bonds is 4.